The summed E-state index contributed by atoms with van der Waals surface area (Å²) in [7, 11) is 1.61. The van der Waals surface area contributed by atoms with E-state index in [1.807, 2.05) is 6.26 Å². The van der Waals surface area contributed by atoms with Crippen LogP contribution in [0.15, 0.2) is 4.90 Å². The van der Waals surface area contributed by atoms with Crippen molar-refractivity contribution in [2.75, 3.05) is 43.6 Å². The predicted molar refractivity (Wildman–Crippen MR) is 85.9 cm³/mol. The van der Waals surface area contributed by atoms with Crippen LogP contribution in [0.4, 0.5) is 10.7 Å². The number of amides is 1. The zero-order valence-electron chi connectivity index (χ0n) is 11.8. The van der Waals surface area contributed by atoms with Crippen LogP contribution in [0.5, 0.6) is 0 Å². The number of hydrogen-bond acceptors (Lipinski definition) is 6. The van der Waals surface area contributed by atoms with Crippen LogP contribution in [0, 0.1) is 5.92 Å². The van der Waals surface area contributed by atoms with Crippen LogP contribution in [0.3, 0.4) is 0 Å². The average Bonchev–Trinajstić information content (AvgIpc) is 2.83. The zero-order chi connectivity index (χ0) is 14.7. The number of nitrogens with zero attached hydrogens (tertiary/aromatic N) is 1. The molecule has 20 heavy (non-hydrogen) atoms. The number of nitrogens with two attached hydrogens (primary N) is 1. The minimum atomic E-state index is -0.134. The van der Waals surface area contributed by atoms with Crippen LogP contribution in [0.1, 0.15) is 22.5 Å². The van der Waals surface area contributed by atoms with E-state index in [2.05, 4.69) is 10.2 Å². The molecule has 1 amide bonds. The summed E-state index contributed by atoms with van der Waals surface area (Å²) in [5.41, 5.74) is 6.69. The van der Waals surface area contributed by atoms with Crippen LogP contribution >= 0.6 is 23.1 Å². The van der Waals surface area contributed by atoms with E-state index in [1.54, 1.807) is 18.8 Å². The van der Waals surface area contributed by atoms with Crippen molar-refractivity contribution in [1.29, 1.82) is 0 Å². The smallest absolute Gasteiger partial charge is 0.263 e. The highest BCUT2D eigenvalue weighted by atomic mass is 32.2. The second-order valence-corrected chi connectivity index (χ2v) is 6.71. The van der Waals surface area contributed by atoms with Crippen molar-refractivity contribution in [2.24, 2.45) is 5.92 Å². The molecule has 0 saturated carbocycles. The fraction of sp³-hybridized carbons (Fsp3) is 0.615. The van der Waals surface area contributed by atoms with Gasteiger partial charge in [-0.1, -0.05) is 0 Å². The fourth-order valence-corrected chi connectivity index (χ4v) is 4.67. The number of nitrogens with one attached hydrogen (secondary N) is 1. The lowest BCUT2D eigenvalue weighted by Gasteiger charge is -2.33. The Morgan fingerprint density at radius 2 is 2.40 bits per heavy atom. The fourth-order valence-electron chi connectivity index (χ4n) is 2.50. The number of aliphatic hydroxyl groups is 1. The van der Waals surface area contributed by atoms with Crippen LogP contribution in [0.2, 0.25) is 0 Å². The van der Waals surface area contributed by atoms with Gasteiger partial charge < -0.3 is 21.1 Å². The van der Waals surface area contributed by atoms with Gasteiger partial charge in [0.1, 0.15) is 9.88 Å². The number of anilines is 2. The van der Waals surface area contributed by atoms with E-state index in [-0.39, 0.29) is 12.5 Å². The highest BCUT2D eigenvalue weighted by molar-refractivity contribution is 7.99. The number of carbonyl (C=O) groups is 1. The van der Waals surface area contributed by atoms with Crippen molar-refractivity contribution >= 4 is 39.7 Å². The second kappa shape index (κ2) is 6.69. The summed E-state index contributed by atoms with van der Waals surface area (Å²) in [5.74, 6) is 0.176. The normalized spacial score (nSPS) is 19.1. The molecule has 0 aliphatic carbocycles. The molecule has 0 radical (unpaired) electrons. The number of aliphatic hydroxyl groups excluding tert-OH is 1. The van der Waals surface area contributed by atoms with Crippen LogP contribution in [0.25, 0.3) is 0 Å². The summed E-state index contributed by atoms with van der Waals surface area (Å²) in [4.78, 5) is 15.7. The van der Waals surface area contributed by atoms with Gasteiger partial charge in [0.25, 0.3) is 5.91 Å². The predicted octanol–water partition coefficient (Wildman–Crippen LogP) is 1.62. The van der Waals surface area contributed by atoms with E-state index in [0.717, 1.165) is 35.8 Å². The van der Waals surface area contributed by atoms with Crippen LogP contribution < -0.4 is 16.0 Å². The largest absolute Gasteiger partial charge is 0.396 e. The molecule has 0 spiro atoms. The van der Waals surface area contributed by atoms with E-state index < -0.39 is 0 Å². The number of nitrogen functional groups attached to an aromatic ring is 1. The number of piperidine rings is 1. The quantitative estimate of drug-likeness (QED) is 0.736. The standard InChI is InChI=1S/C13H21N3O2S2/c1-15-12(18)10-9(14)11(19-2)13(20-10)16-5-3-4-8(6-16)7-17/h8,17H,3-7,14H2,1-2H3,(H,15,18). The van der Waals surface area contributed by atoms with Gasteiger partial charge in [0.2, 0.25) is 0 Å². The molecular formula is C13H21N3O2S2. The monoisotopic (exact) mass is 315 g/mol. The molecule has 0 bridgehead atoms. The van der Waals surface area contributed by atoms with Gasteiger partial charge in [-0.15, -0.1) is 23.1 Å². The molecule has 1 aliphatic rings. The topological polar surface area (TPSA) is 78.6 Å². The average molecular weight is 315 g/mol. The Morgan fingerprint density at radius 3 is 3.00 bits per heavy atom. The Bertz CT molecular complexity index is 490. The molecule has 1 unspecified atom stereocenters. The summed E-state index contributed by atoms with van der Waals surface area (Å²) >= 11 is 3.02. The van der Waals surface area contributed by atoms with Crippen molar-refractivity contribution in [1.82, 2.24) is 5.32 Å². The lowest BCUT2D eigenvalue weighted by atomic mass is 9.99. The van der Waals surface area contributed by atoms with Gasteiger partial charge in [-0.25, -0.2) is 0 Å². The van der Waals surface area contributed by atoms with Crippen LogP contribution in [-0.4, -0.2) is 44.0 Å². The molecule has 7 heteroatoms. The number of thiophene rings is 1. The number of hydrogen-bond donors (Lipinski definition) is 3. The van der Waals surface area contributed by atoms with Gasteiger partial charge >= 0.3 is 0 Å². The first kappa shape index (κ1) is 15.5. The number of thioether (sulfide) groups is 1. The van der Waals surface area contributed by atoms with E-state index in [9.17, 15) is 9.90 Å². The van der Waals surface area contributed by atoms with Crippen molar-refractivity contribution < 1.29 is 9.90 Å². The third kappa shape index (κ3) is 2.89. The molecule has 0 aromatic carbocycles. The van der Waals surface area contributed by atoms with E-state index in [0.29, 0.717) is 16.5 Å². The summed E-state index contributed by atoms with van der Waals surface area (Å²) in [6.45, 7) is 2.00. The molecule has 1 aliphatic heterocycles. The lowest BCUT2D eigenvalue weighted by molar-refractivity contribution is 0.0968. The first-order valence-electron chi connectivity index (χ1n) is 6.66. The first-order valence-corrected chi connectivity index (χ1v) is 8.70. The number of carbonyl (C=O) groups excluding carboxylic acids is 1. The molecule has 1 aromatic heterocycles. The molecule has 1 aromatic rings. The lowest BCUT2D eigenvalue weighted by Crippen LogP contribution is -2.36. The second-order valence-electron chi connectivity index (χ2n) is 4.90. The van der Waals surface area contributed by atoms with E-state index >= 15 is 0 Å². The molecule has 1 saturated heterocycles. The minimum absolute atomic E-state index is 0.134. The molecule has 1 atom stereocenters. The van der Waals surface area contributed by atoms with Crippen molar-refractivity contribution in [2.45, 2.75) is 17.7 Å². The van der Waals surface area contributed by atoms with Crippen molar-refractivity contribution in [3.05, 3.63) is 4.88 Å². The minimum Gasteiger partial charge on any atom is -0.396 e. The maximum Gasteiger partial charge on any atom is 0.263 e. The molecule has 2 rings (SSSR count). The summed E-state index contributed by atoms with van der Waals surface area (Å²) < 4.78 is 0. The third-order valence-electron chi connectivity index (χ3n) is 3.58. The molecule has 2 heterocycles. The number of rotatable bonds is 4. The molecule has 4 N–H and O–H groups in total. The maximum absolute atomic E-state index is 11.9. The summed E-state index contributed by atoms with van der Waals surface area (Å²) in [6, 6.07) is 0. The maximum atomic E-state index is 11.9. The van der Waals surface area contributed by atoms with E-state index in [4.69, 9.17) is 5.73 Å². The molecule has 5 nitrogen and oxygen atoms in total. The molecule has 1 fully saturated rings. The van der Waals surface area contributed by atoms with Crippen molar-refractivity contribution in [3.8, 4) is 0 Å². The third-order valence-corrected chi connectivity index (χ3v) is 5.80. The first-order chi connectivity index (χ1) is 9.62. The van der Waals surface area contributed by atoms with Gasteiger partial charge in [-0.05, 0) is 25.0 Å². The Kier molecular flexibility index (Phi) is 5.17. The van der Waals surface area contributed by atoms with Gasteiger partial charge in [-0.2, -0.15) is 0 Å². The SMILES string of the molecule is CNC(=O)c1sc(N2CCCC(CO)C2)c(SC)c1N. The van der Waals surface area contributed by atoms with Crippen LogP contribution in [-0.2, 0) is 0 Å². The van der Waals surface area contributed by atoms with Gasteiger partial charge in [0, 0.05) is 26.7 Å². The van der Waals surface area contributed by atoms with Gasteiger partial charge in [-0.3, -0.25) is 4.79 Å². The Balaban J connectivity index is 2.33. The molecular weight excluding hydrogens is 294 g/mol. The zero-order valence-corrected chi connectivity index (χ0v) is 13.4. The Morgan fingerprint density at radius 1 is 1.65 bits per heavy atom. The van der Waals surface area contributed by atoms with Gasteiger partial charge in [0.05, 0.1) is 10.6 Å². The highest BCUT2D eigenvalue weighted by Gasteiger charge is 2.27. The molecule has 112 valence electrons. The summed E-state index contributed by atoms with van der Waals surface area (Å²) in [6.07, 6.45) is 4.10. The Labute approximate surface area is 127 Å². The summed E-state index contributed by atoms with van der Waals surface area (Å²) in [5, 5.41) is 13.0. The van der Waals surface area contributed by atoms with E-state index in [1.165, 1.54) is 11.3 Å². The highest BCUT2D eigenvalue weighted by Crippen LogP contribution is 2.44. The van der Waals surface area contributed by atoms with Gasteiger partial charge in [0.15, 0.2) is 0 Å². The van der Waals surface area contributed by atoms with Crippen molar-refractivity contribution in [3.63, 3.8) is 0 Å². The Hall–Kier alpha value is -0.920.